The Morgan fingerprint density at radius 1 is 1.03 bits per heavy atom. The molecule has 0 saturated heterocycles. The lowest BCUT2D eigenvalue weighted by Crippen LogP contribution is -2.43. The first kappa shape index (κ1) is 20.6. The molecule has 0 spiro atoms. The molecule has 2 aromatic carbocycles. The maximum absolute atomic E-state index is 13.6. The molecule has 3 aromatic rings. The van der Waals surface area contributed by atoms with Gasteiger partial charge in [-0.15, -0.1) is 0 Å². The fraction of sp³-hybridized carbons (Fsp3) is 0.407. The zero-order chi connectivity index (χ0) is 21.2. The van der Waals surface area contributed by atoms with Crippen molar-refractivity contribution in [3.05, 3.63) is 72.4 Å². The first-order valence-corrected chi connectivity index (χ1v) is 11.1. The second-order valence-corrected chi connectivity index (χ2v) is 9.95. The third kappa shape index (κ3) is 4.40. The molecule has 4 rings (SSSR count). The predicted octanol–water partition coefficient (Wildman–Crippen LogP) is 6.64. The number of pyridine rings is 1. The number of nitrogens with zero attached hydrogens (tertiary/aromatic N) is 1. The van der Waals surface area contributed by atoms with Crippen LogP contribution >= 0.6 is 0 Å². The van der Waals surface area contributed by atoms with E-state index >= 15 is 0 Å². The van der Waals surface area contributed by atoms with Crippen LogP contribution in [-0.4, -0.2) is 10.9 Å². The molecule has 156 valence electrons. The monoisotopic (exact) mass is 400 g/mol. The van der Waals surface area contributed by atoms with Crippen molar-refractivity contribution in [1.82, 2.24) is 4.98 Å². The van der Waals surface area contributed by atoms with Crippen LogP contribution in [0, 0.1) is 16.7 Å². The molecule has 1 aliphatic rings. The molecule has 1 fully saturated rings. The van der Waals surface area contributed by atoms with Gasteiger partial charge in [-0.25, -0.2) is 0 Å². The van der Waals surface area contributed by atoms with Gasteiger partial charge in [0.15, 0.2) is 0 Å². The number of carbonyl (C=O) groups is 1. The summed E-state index contributed by atoms with van der Waals surface area (Å²) >= 11 is 0. The number of benzene rings is 2. The van der Waals surface area contributed by atoms with Crippen molar-refractivity contribution in [3.63, 3.8) is 0 Å². The number of carbonyl (C=O) groups excluding carboxylic acids is 1. The van der Waals surface area contributed by atoms with E-state index in [1.807, 2.05) is 36.4 Å². The summed E-state index contributed by atoms with van der Waals surface area (Å²) in [6, 6.07) is 20.5. The second kappa shape index (κ2) is 8.22. The van der Waals surface area contributed by atoms with Gasteiger partial charge >= 0.3 is 0 Å². The number of anilines is 1. The Labute approximate surface area is 179 Å². The number of para-hydroxylation sites is 1. The maximum Gasteiger partial charge on any atom is 0.230 e. The standard InChI is InChI=1S/C27H32N2O/c1-26(2,3)22-13-15-27(16-14-22,18-20-9-5-4-6-10-20)25(30)29-23-17-21-11-7-8-12-24(21)28-19-23/h4-12,17,19,22H,13-16,18H2,1-3H3,(H,29,30). The van der Waals surface area contributed by atoms with E-state index in [2.05, 4.69) is 55.3 Å². The minimum atomic E-state index is -0.366. The largest absolute Gasteiger partial charge is 0.324 e. The van der Waals surface area contributed by atoms with Crippen LogP contribution < -0.4 is 5.32 Å². The highest BCUT2D eigenvalue weighted by atomic mass is 16.2. The van der Waals surface area contributed by atoms with Gasteiger partial charge in [0.1, 0.15) is 0 Å². The van der Waals surface area contributed by atoms with Gasteiger partial charge in [-0.3, -0.25) is 9.78 Å². The highest BCUT2D eigenvalue weighted by molar-refractivity contribution is 5.97. The van der Waals surface area contributed by atoms with E-state index in [-0.39, 0.29) is 16.7 Å². The summed E-state index contributed by atoms with van der Waals surface area (Å²) in [7, 11) is 0. The van der Waals surface area contributed by atoms with Crippen molar-refractivity contribution in [2.75, 3.05) is 5.32 Å². The van der Waals surface area contributed by atoms with Crippen LogP contribution in [0.4, 0.5) is 5.69 Å². The van der Waals surface area contributed by atoms with Gasteiger partial charge in [-0.2, -0.15) is 0 Å². The minimum Gasteiger partial charge on any atom is -0.324 e. The van der Waals surface area contributed by atoms with Crippen LogP contribution in [0.1, 0.15) is 52.0 Å². The first-order valence-electron chi connectivity index (χ1n) is 11.1. The van der Waals surface area contributed by atoms with Crippen LogP contribution in [0.3, 0.4) is 0 Å². The number of hydrogen-bond acceptors (Lipinski definition) is 2. The van der Waals surface area contributed by atoms with E-state index in [1.54, 1.807) is 6.20 Å². The highest BCUT2D eigenvalue weighted by Gasteiger charge is 2.44. The third-order valence-electron chi connectivity index (χ3n) is 6.88. The fourth-order valence-electron chi connectivity index (χ4n) is 4.91. The molecule has 1 saturated carbocycles. The number of amides is 1. The average Bonchev–Trinajstić information content (AvgIpc) is 2.74. The number of aromatic nitrogens is 1. The van der Waals surface area contributed by atoms with Crippen molar-refractivity contribution in [2.45, 2.75) is 52.9 Å². The summed E-state index contributed by atoms with van der Waals surface area (Å²) < 4.78 is 0. The van der Waals surface area contributed by atoms with E-state index in [9.17, 15) is 4.79 Å². The number of nitrogens with one attached hydrogen (secondary N) is 1. The molecule has 1 amide bonds. The van der Waals surface area contributed by atoms with Crippen molar-refractivity contribution < 1.29 is 4.79 Å². The molecule has 1 N–H and O–H groups in total. The zero-order valence-corrected chi connectivity index (χ0v) is 18.3. The van der Waals surface area contributed by atoms with E-state index in [1.165, 1.54) is 5.56 Å². The molecule has 1 aliphatic carbocycles. The molecule has 3 heteroatoms. The van der Waals surface area contributed by atoms with E-state index in [4.69, 9.17) is 0 Å². The first-order chi connectivity index (χ1) is 14.4. The summed E-state index contributed by atoms with van der Waals surface area (Å²) in [4.78, 5) is 18.2. The lowest BCUT2D eigenvalue weighted by Gasteiger charge is -2.43. The van der Waals surface area contributed by atoms with Crippen LogP contribution in [0.15, 0.2) is 66.9 Å². The van der Waals surface area contributed by atoms with Gasteiger partial charge in [-0.05, 0) is 61.1 Å². The molecule has 0 aliphatic heterocycles. The highest BCUT2D eigenvalue weighted by Crippen LogP contribution is 2.47. The van der Waals surface area contributed by atoms with Gasteiger partial charge < -0.3 is 5.32 Å². The molecule has 0 bridgehead atoms. The summed E-state index contributed by atoms with van der Waals surface area (Å²) in [5.74, 6) is 0.798. The van der Waals surface area contributed by atoms with Crippen molar-refractivity contribution in [3.8, 4) is 0 Å². The van der Waals surface area contributed by atoms with Gasteiger partial charge in [0.05, 0.1) is 22.8 Å². The Hall–Kier alpha value is -2.68. The molecule has 3 nitrogen and oxygen atoms in total. The molecule has 1 aromatic heterocycles. The topological polar surface area (TPSA) is 42.0 Å². The zero-order valence-electron chi connectivity index (χ0n) is 18.3. The summed E-state index contributed by atoms with van der Waals surface area (Å²) in [5.41, 5.74) is 2.88. The summed E-state index contributed by atoms with van der Waals surface area (Å²) in [6.07, 6.45) is 6.61. The molecular formula is C27H32N2O. The van der Waals surface area contributed by atoms with Gasteiger partial charge in [-0.1, -0.05) is 69.3 Å². The van der Waals surface area contributed by atoms with Crippen molar-refractivity contribution in [1.29, 1.82) is 0 Å². The number of hydrogen-bond donors (Lipinski definition) is 1. The lowest BCUT2D eigenvalue weighted by molar-refractivity contribution is -0.128. The van der Waals surface area contributed by atoms with Crippen LogP contribution in [0.5, 0.6) is 0 Å². The number of fused-ring (bicyclic) bond motifs is 1. The maximum atomic E-state index is 13.6. The molecule has 1 heterocycles. The van der Waals surface area contributed by atoms with E-state index in [0.717, 1.165) is 48.7 Å². The minimum absolute atomic E-state index is 0.135. The molecule has 0 unspecified atom stereocenters. The van der Waals surface area contributed by atoms with Gasteiger partial charge in [0.25, 0.3) is 0 Å². The normalized spacial score (nSPS) is 22.0. The molecule has 0 radical (unpaired) electrons. The average molecular weight is 401 g/mol. The SMILES string of the molecule is CC(C)(C)C1CCC(Cc2ccccc2)(C(=O)Nc2cnc3ccccc3c2)CC1. The Kier molecular flexibility index (Phi) is 5.64. The predicted molar refractivity (Wildman–Crippen MR) is 124 cm³/mol. The lowest BCUT2D eigenvalue weighted by atomic mass is 9.62. The fourth-order valence-corrected chi connectivity index (χ4v) is 4.91. The Morgan fingerprint density at radius 3 is 2.40 bits per heavy atom. The van der Waals surface area contributed by atoms with Crippen LogP contribution in [-0.2, 0) is 11.2 Å². The van der Waals surface area contributed by atoms with E-state index < -0.39 is 0 Å². The molecular weight excluding hydrogens is 368 g/mol. The van der Waals surface area contributed by atoms with Crippen molar-refractivity contribution >= 4 is 22.5 Å². The number of rotatable bonds is 4. The van der Waals surface area contributed by atoms with Gasteiger partial charge in [0.2, 0.25) is 5.91 Å². The van der Waals surface area contributed by atoms with E-state index in [0.29, 0.717) is 5.92 Å². The Morgan fingerprint density at radius 2 is 1.70 bits per heavy atom. The van der Waals surface area contributed by atoms with Crippen LogP contribution in [0.25, 0.3) is 10.9 Å². The Bertz CT molecular complexity index is 1010. The summed E-state index contributed by atoms with van der Waals surface area (Å²) in [6.45, 7) is 6.97. The smallest absolute Gasteiger partial charge is 0.230 e. The Balaban J connectivity index is 1.59. The van der Waals surface area contributed by atoms with Gasteiger partial charge in [0, 0.05) is 5.39 Å². The quantitative estimate of drug-likeness (QED) is 0.533. The molecule has 30 heavy (non-hydrogen) atoms. The summed E-state index contributed by atoms with van der Waals surface area (Å²) in [5, 5.41) is 4.26. The van der Waals surface area contributed by atoms with Crippen LogP contribution in [0.2, 0.25) is 0 Å². The second-order valence-electron chi connectivity index (χ2n) is 9.95. The third-order valence-corrected chi connectivity index (χ3v) is 6.88. The van der Waals surface area contributed by atoms with Crippen molar-refractivity contribution in [2.24, 2.45) is 16.7 Å². The molecule has 0 atom stereocenters.